The molecule has 5 heteroatoms. The topological polar surface area (TPSA) is 72.3 Å². The highest BCUT2D eigenvalue weighted by Gasteiger charge is 2.14. The molecular weight excluding hydrogens is 268 g/mol. The molecule has 0 aliphatic rings. The number of nitrogens with zero attached hydrogens (tertiary/aromatic N) is 4. The van der Waals surface area contributed by atoms with Crippen LogP contribution >= 0.6 is 11.3 Å². The van der Waals surface area contributed by atoms with Gasteiger partial charge in [-0.3, -0.25) is 0 Å². The molecule has 0 bridgehead atoms. The van der Waals surface area contributed by atoms with Crippen molar-refractivity contribution >= 4 is 22.0 Å². The van der Waals surface area contributed by atoms with Crippen LogP contribution in [0, 0.1) is 43.4 Å². The van der Waals surface area contributed by atoms with E-state index in [-0.39, 0.29) is 0 Å². The number of nitriles is 2. The molecule has 4 nitrogen and oxygen atoms in total. The predicted molar refractivity (Wildman–Crippen MR) is 78.6 cm³/mol. The first-order valence-corrected chi connectivity index (χ1v) is 6.81. The standard InChI is InChI=1S/C15H12N4S/c1-9-4-5-13(10(2)6-9)18-19-15-12(7-16)11(3)14(8-17)20-15/h4-6H,1-3H3/b19-18+. The minimum Gasteiger partial charge on any atom is -0.192 e. The first-order chi connectivity index (χ1) is 9.56. The number of hydrogen-bond donors (Lipinski definition) is 0. The lowest BCUT2D eigenvalue weighted by Gasteiger charge is -1.99. The molecule has 98 valence electrons. The number of aryl methyl sites for hydroxylation is 2. The summed E-state index contributed by atoms with van der Waals surface area (Å²) in [5.74, 6) is 0. The fourth-order valence-corrected chi connectivity index (χ4v) is 2.70. The first-order valence-electron chi connectivity index (χ1n) is 5.99. The van der Waals surface area contributed by atoms with Crippen molar-refractivity contribution in [2.75, 3.05) is 0 Å². The van der Waals surface area contributed by atoms with E-state index >= 15 is 0 Å². The molecule has 1 aromatic carbocycles. The van der Waals surface area contributed by atoms with Gasteiger partial charge in [-0.15, -0.1) is 21.6 Å². The summed E-state index contributed by atoms with van der Waals surface area (Å²) in [6, 6.07) is 10.0. The van der Waals surface area contributed by atoms with Crippen LogP contribution in [-0.2, 0) is 0 Å². The summed E-state index contributed by atoms with van der Waals surface area (Å²) in [7, 11) is 0. The largest absolute Gasteiger partial charge is 0.192 e. The fourth-order valence-electron chi connectivity index (χ4n) is 1.82. The van der Waals surface area contributed by atoms with E-state index in [1.807, 2.05) is 32.0 Å². The van der Waals surface area contributed by atoms with Gasteiger partial charge in [-0.2, -0.15) is 10.5 Å². The first kappa shape index (κ1) is 13.9. The molecule has 0 atom stereocenters. The van der Waals surface area contributed by atoms with Crippen molar-refractivity contribution in [3.63, 3.8) is 0 Å². The maximum Gasteiger partial charge on any atom is 0.158 e. The van der Waals surface area contributed by atoms with Crippen molar-refractivity contribution in [1.29, 1.82) is 10.5 Å². The molecule has 0 amide bonds. The van der Waals surface area contributed by atoms with E-state index < -0.39 is 0 Å². The Kier molecular flexibility index (Phi) is 3.93. The quantitative estimate of drug-likeness (QED) is 0.739. The molecule has 1 aromatic heterocycles. The molecule has 0 spiro atoms. The molecule has 2 rings (SSSR count). The monoisotopic (exact) mass is 280 g/mol. The molecule has 0 aliphatic heterocycles. The third-order valence-corrected chi connectivity index (χ3v) is 4.02. The van der Waals surface area contributed by atoms with E-state index in [0.29, 0.717) is 21.0 Å². The molecule has 0 fully saturated rings. The third kappa shape index (κ3) is 2.59. The average molecular weight is 280 g/mol. The Morgan fingerprint density at radius 2 is 1.80 bits per heavy atom. The molecule has 0 saturated heterocycles. The molecule has 20 heavy (non-hydrogen) atoms. The number of thiophene rings is 1. The fraction of sp³-hybridized carbons (Fsp3) is 0.200. The van der Waals surface area contributed by atoms with Crippen LogP contribution in [0.25, 0.3) is 0 Å². The normalized spacial score (nSPS) is 10.4. The van der Waals surface area contributed by atoms with Crippen molar-refractivity contribution in [2.45, 2.75) is 20.8 Å². The highest BCUT2D eigenvalue weighted by Crippen LogP contribution is 2.35. The van der Waals surface area contributed by atoms with Crippen molar-refractivity contribution in [3.8, 4) is 12.1 Å². The number of hydrogen-bond acceptors (Lipinski definition) is 5. The molecule has 2 aromatic rings. The average Bonchev–Trinajstić information content (AvgIpc) is 2.73. The van der Waals surface area contributed by atoms with Crippen LogP contribution in [0.2, 0.25) is 0 Å². The van der Waals surface area contributed by atoms with Crippen LogP contribution in [0.4, 0.5) is 10.7 Å². The van der Waals surface area contributed by atoms with Gasteiger partial charge < -0.3 is 0 Å². The molecule has 0 radical (unpaired) electrons. The summed E-state index contributed by atoms with van der Waals surface area (Å²) < 4.78 is 0. The lowest BCUT2D eigenvalue weighted by atomic mass is 10.1. The lowest BCUT2D eigenvalue weighted by molar-refractivity contribution is 1.21. The summed E-state index contributed by atoms with van der Waals surface area (Å²) in [5.41, 5.74) is 4.07. The maximum absolute atomic E-state index is 9.14. The second kappa shape index (κ2) is 5.64. The summed E-state index contributed by atoms with van der Waals surface area (Å²) in [6.07, 6.45) is 0. The van der Waals surface area contributed by atoms with Crippen molar-refractivity contribution in [3.05, 3.63) is 45.3 Å². The zero-order valence-corrected chi connectivity index (χ0v) is 12.2. The summed E-state index contributed by atoms with van der Waals surface area (Å²) in [6.45, 7) is 5.74. The minimum atomic E-state index is 0.431. The highest BCUT2D eigenvalue weighted by atomic mass is 32.1. The predicted octanol–water partition coefficient (Wildman–Crippen LogP) is 4.83. The SMILES string of the molecule is Cc1ccc(/N=N/c2sc(C#N)c(C)c2C#N)c(C)c1. The van der Waals surface area contributed by atoms with E-state index in [1.54, 1.807) is 6.92 Å². The van der Waals surface area contributed by atoms with E-state index in [2.05, 4.69) is 22.4 Å². The van der Waals surface area contributed by atoms with Gasteiger partial charge in [-0.1, -0.05) is 17.7 Å². The van der Waals surface area contributed by atoms with Gasteiger partial charge in [0.2, 0.25) is 0 Å². The van der Waals surface area contributed by atoms with Crippen molar-refractivity contribution < 1.29 is 0 Å². The Hall–Kier alpha value is -2.50. The Bertz CT molecular complexity index is 772. The van der Waals surface area contributed by atoms with Crippen LogP contribution in [0.3, 0.4) is 0 Å². The molecule has 0 N–H and O–H groups in total. The molecule has 1 heterocycles. The number of benzene rings is 1. The molecular formula is C15H12N4S. The maximum atomic E-state index is 9.14. The van der Waals surface area contributed by atoms with Crippen molar-refractivity contribution in [2.24, 2.45) is 10.2 Å². The van der Waals surface area contributed by atoms with E-state index in [0.717, 1.165) is 16.8 Å². The Labute approximate surface area is 121 Å². The van der Waals surface area contributed by atoms with Gasteiger partial charge in [-0.05, 0) is 38.0 Å². The highest BCUT2D eigenvalue weighted by molar-refractivity contribution is 7.16. The smallest absolute Gasteiger partial charge is 0.158 e. The van der Waals surface area contributed by atoms with Gasteiger partial charge in [0.15, 0.2) is 5.00 Å². The zero-order valence-electron chi connectivity index (χ0n) is 11.4. The van der Waals surface area contributed by atoms with E-state index in [9.17, 15) is 0 Å². The summed E-state index contributed by atoms with van der Waals surface area (Å²) in [4.78, 5) is 0.510. The number of azo groups is 1. The Morgan fingerprint density at radius 1 is 1.05 bits per heavy atom. The van der Waals surface area contributed by atoms with E-state index in [1.165, 1.54) is 11.3 Å². The van der Waals surface area contributed by atoms with Gasteiger partial charge >= 0.3 is 0 Å². The van der Waals surface area contributed by atoms with Crippen LogP contribution in [-0.4, -0.2) is 0 Å². The zero-order chi connectivity index (χ0) is 14.7. The third-order valence-electron chi connectivity index (χ3n) is 2.94. The Balaban J connectivity index is 2.42. The van der Waals surface area contributed by atoms with Crippen LogP contribution in [0.5, 0.6) is 0 Å². The second-order valence-corrected chi connectivity index (χ2v) is 5.45. The van der Waals surface area contributed by atoms with E-state index in [4.69, 9.17) is 10.5 Å². The summed E-state index contributed by atoms with van der Waals surface area (Å²) in [5, 5.41) is 26.9. The second-order valence-electron chi connectivity index (χ2n) is 4.45. The van der Waals surface area contributed by atoms with Crippen LogP contribution in [0.15, 0.2) is 28.4 Å². The van der Waals surface area contributed by atoms with Crippen LogP contribution < -0.4 is 0 Å². The van der Waals surface area contributed by atoms with Gasteiger partial charge in [0.05, 0.1) is 11.3 Å². The lowest BCUT2D eigenvalue weighted by Crippen LogP contribution is -1.77. The van der Waals surface area contributed by atoms with Crippen molar-refractivity contribution in [1.82, 2.24) is 0 Å². The molecule has 0 saturated carbocycles. The summed E-state index contributed by atoms with van der Waals surface area (Å²) >= 11 is 1.19. The molecule has 0 aliphatic carbocycles. The van der Waals surface area contributed by atoms with Crippen LogP contribution in [0.1, 0.15) is 27.1 Å². The van der Waals surface area contributed by atoms with Gasteiger partial charge in [-0.25, -0.2) is 0 Å². The van der Waals surface area contributed by atoms with Gasteiger partial charge in [0, 0.05) is 0 Å². The van der Waals surface area contributed by atoms with Gasteiger partial charge in [0.1, 0.15) is 17.0 Å². The molecule has 0 unspecified atom stereocenters. The number of rotatable bonds is 2. The Morgan fingerprint density at radius 3 is 2.40 bits per heavy atom. The van der Waals surface area contributed by atoms with Gasteiger partial charge in [0.25, 0.3) is 0 Å². The minimum absolute atomic E-state index is 0.431.